The summed E-state index contributed by atoms with van der Waals surface area (Å²) in [4.78, 5) is 13.0. The van der Waals surface area contributed by atoms with Gasteiger partial charge in [-0.3, -0.25) is 4.79 Å². The Morgan fingerprint density at radius 1 is 1.21 bits per heavy atom. The summed E-state index contributed by atoms with van der Waals surface area (Å²) in [6, 6.07) is 7.01. The number of nitrogens with one attached hydrogen (secondary N) is 1. The van der Waals surface area contributed by atoms with Crippen LogP contribution in [0.1, 0.15) is 12.5 Å². The molecule has 0 bridgehead atoms. The summed E-state index contributed by atoms with van der Waals surface area (Å²) in [7, 11) is 1.67. The van der Waals surface area contributed by atoms with E-state index in [4.69, 9.17) is 9.84 Å². The molecular weight excluding hydrogens is 366 g/mol. The van der Waals surface area contributed by atoms with Crippen LogP contribution >= 0.6 is 0 Å². The lowest BCUT2D eigenvalue weighted by Gasteiger charge is -2.16. The fraction of sp³-hybridized carbons (Fsp3) is 0.286. The molecule has 0 saturated carbocycles. The van der Waals surface area contributed by atoms with Crippen molar-refractivity contribution in [3.63, 3.8) is 0 Å². The minimum atomic E-state index is -0.555. The third-order valence-corrected chi connectivity index (χ3v) is 4.45. The van der Waals surface area contributed by atoms with Crippen molar-refractivity contribution in [2.24, 2.45) is 13.0 Å². The number of hydrogen-bond donors (Lipinski definition) is 2. The standard InChI is InChI=1S/C21H22F2N2O3/c1-12-4-5-16(15(23)6-12)24-17-7-14(22)8-18-20(17)21(27)19(9-25(18)3)28-11-13(2)10-26/h4-9,13,24,26H,10-11H2,1-3H3. The van der Waals surface area contributed by atoms with Crippen molar-refractivity contribution in [3.8, 4) is 5.75 Å². The number of hydrogen-bond acceptors (Lipinski definition) is 4. The normalized spacial score (nSPS) is 12.2. The highest BCUT2D eigenvalue weighted by Gasteiger charge is 2.16. The Balaban J connectivity index is 2.13. The van der Waals surface area contributed by atoms with Crippen LogP contribution in [0.4, 0.5) is 20.2 Å². The number of fused-ring (bicyclic) bond motifs is 1. The molecule has 2 N–H and O–H groups in total. The number of anilines is 2. The fourth-order valence-electron chi connectivity index (χ4n) is 2.89. The van der Waals surface area contributed by atoms with Gasteiger partial charge in [0.1, 0.15) is 11.6 Å². The van der Waals surface area contributed by atoms with Crippen LogP contribution in [0.15, 0.2) is 41.3 Å². The van der Waals surface area contributed by atoms with Gasteiger partial charge >= 0.3 is 0 Å². The van der Waals surface area contributed by atoms with Gasteiger partial charge in [-0.05, 0) is 36.8 Å². The van der Waals surface area contributed by atoms with Crippen molar-refractivity contribution in [1.29, 1.82) is 0 Å². The number of aliphatic hydroxyl groups is 1. The van der Waals surface area contributed by atoms with E-state index in [-0.39, 0.29) is 41.6 Å². The van der Waals surface area contributed by atoms with Gasteiger partial charge in [-0.2, -0.15) is 0 Å². The third kappa shape index (κ3) is 3.99. The second kappa shape index (κ2) is 7.98. The second-order valence-electron chi connectivity index (χ2n) is 6.99. The molecule has 1 unspecified atom stereocenters. The topological polar surface area (TPSA) is 63.5 Å². The number of rotatable bonds is 6. The number of aromatic nitrogens is 1. The van der Waals surface area contributed by atoms with Crippen LogP contribution in [0.3, 0.4) is 0 Å². The average Bonchev–Trinajstić information content (AvgIpc) is 2.65. The van der Waals surface area contributed by atoms with Gasteiger partial charge in [0.25, 0.3) is 0 Å². The summed E-state index contributed by atoms with van der Waals surface area (Å²) in [5.41, 5.74) is 0.950. The van der Waals surface area contributed by atoms with Crippen molar-refractivity contribution in [1.82, 2.24) is 4.57 Å². The molecule has 28 heavy (non-hydrogen) atoms. The number of benzene rings is 2. The number of aliphatic hydroxyl groups excluding tert-OH is 1. The van der Waals surface area contributed by atoms with Gasteiger partial charge in [-0.1, -0.05) is 13.0 Å². The predicted octanol–water partition coefficient (Wildman–Crippen LogP) is 3.88. The minimum absolute atomic E-state index is 0.0708. The zero-order valence-electron chi connectivity index (χ0n) is 15.9. The molecule has 0 aliphatic rings. The van der Waals surface area contributed by atoms with E-state index >= 15 is 0 Å². The molecule has 0 spiro atoms. The summed E-state index contributed by atoms with van der Waals surface area (Å²) in [5.74, 6) is -1.12. The lowest BCUT2D eigenvalue weighted by molar-refractivity contribution is 0.173. The fourth-order valence-corrected chi connectivity index (χ4v) is 2.89. The number of halogens is 2. The first kappa shape index (κ1) is 19.8. The molecule has 1 heterocycles. The highest BCUT2D eigenvalue weighted by molar-refractivity contribution is 5.94. The van der Waals surface area contributed by atoms with Crippen molar-refractivity contribution in [3.05, 3.63) is 63.9 Å². The first-order valence-corrected chi connectivity index (χ1v) is 8.90. The highest BCUT2D eigenvalue weighted by atomic mass is 19.1. The zero-order chi connectivity index (χ0) is 20.4. The highest BCUT2D eigenvalue weighted by Crippen LogP contribution is 2.28. The van der Waals surface area contributed by atoms with E-state index in [9.17, 15) is 13.6 Å². The molecule has 2 aromatic carbocycles. The molecular formula is C21H22F2N2O3. The van der Waals surface area contributed by atoms with Crippen LogP contribution in [0.25, 0.3) is 10.9 Å². The van der Waals surface area contributed by atoms with E-state index in [1.54, 1.807) is 31.5 Å². The van der Waals surface area contributed by atoms with E-state index in [0.29, 0.717) is 5.52 Å². The van der Waals surface area contributed by atoms with Crippen LogP contribution in [0.5, 0.6) is 5.75 Å². The zero-order valence-corrected chi connectivity index (χ0v) is 15.9. The SMILES string of the molecule is Cc1ccc(Nc2cc(F)cc3c2c(=O)c(OCC(C)CO)cn3C)c(F)c1. The molecule has 0 aliphatic heterocycles. The van der Waals surface area contributed by atoms with Gasteiger partial charge in [-0.25, -0.2) is 8.78 Å². The molecule has 0 aliphatic carbocycles. The molecule has 0 fully saturated rings. The number of ether oxygens (including phenoxy) is 1. The lowest BCUT2D eigenvalue weighted by atomic mass is 10.1. The summed E-state index contributed by atoms with van der Waals surface area (Å²) in [6.45, 7) is 3.64. The van der Waals surface area contributed by atoms with Crippen molar-refractivity contribution >= 4 is 22.3 Å². The van der Waals surface area contributed by atoms with Gasteiger partial charge in [0, 0.05) is 19.6 Å². The minimum Gasteiger partial charge on any atom is -0.488 e. The smallest absolute Gasteiger partial charge is 0.233 e. The van der Waals surface area contributed by atoms with Gasteiger partial charge in [0.05, 0.1) is 35.1 Å². The Morgan fingerprint density at radius 3 is 2.64 bits per heavy atom. The predicted molar refractivity (Wildman–Crippen MR) is 105 cm³/mol. The van der Waals surface area contributed by atoms with Gasteiger partial charge in [0.2, 0.25) is 5.43 Å². The molecule has 7 heteroatoms. The summed E-state index contributed by atoms with van der Waals surface area (Å²) >= 11 is 0. The van der Waals surface area contributed by atoms with E-state index in [0.717, 1.165) is 11.6 Å². The molecule has 148 valence electrons. The molecule has 3 rings (SSSR count). The van der Waals surface area contributed by atoms with E-state index < -0.39 is 17.1 Å². The van der Waals surface area contributed by atoms with Crippen LogP contribution in [0, 0.1) is 24.5 Å². The molecule has 3 aromatic rings. The molecule has 5 nitrogen and oxygen atoms in total. The lowest BCUT2D eigenvalue weighted by Crippen LogP contribution is -2.18. The van der Waals surface area contributed by atoms with E-state index in [1.165, 1.54) is 24.4 Å². The number of aryl methyl sites for hydroxylation is 2. The second-order valence-corrected chi connectivity index (χ2v) is 6.99. The van der Waals surface area contributed by atoms with Crippen LogP contribution in [0.2, 0.25) is 0 Å². The van der Waals surface area contributed by atoms with E-state index in [2.05, 4.69) is 5.32 Å². The average molecular weight is 388 g/mol. The maximum atomic E-state index is 14.3. The van der Waals surface area contributed by atoms with Crippen molar-refractivity contribution in [2.45, 2.75) is 13.8 Å². The first-order valence-electron chi connectivity index (χ1n) is 8.90. The summed E-state index contributed by atoms with van der Waals surface area (Å²) in [6.07, 6.45) is 1.48. The maximum absolute atomic E-state index is 14.3. The summed E-state index contributed by atoms with van der Waals surface area (Å²) in [5, 5.41) is 12.2. The largest absolute Gasteiger partial charge is 0.488 e. The van der Waals surface area contributed by atoms with Crippen LogP contribution in [-0.4, -0.2) is 22.9 Å². The molecule has 0 saturated heterocycles. The Morgan fingerprint density at radius 2 is 1.96 bits per heavy atom. The van der Waals surface area contributed by atoms with Gasteiger partial charge in [0.15, 0.2) is 5.75 Å². The molecule has 0 amide bonds. The molecule has 1 atom stereocenters. The Kier molecular flexibility index (Phi) is 5.65. The van der Waals surface area contributed by atoms with Crippen LogP contribution < -0.4 is 15.5 Å². The molecule has 1 aromatic heterocycles. The molecule has 0 radical (unpaired) electrons. The summed E-state index contributed by atoms with van der Waals surface area (Å²) < 4.78 is 35.6. The first-order chi connectivity index (χ1) is 13.3. The Labute approximate surface area is 161 Å². The van der Waals surface area contributed by atoms with Gasteiger partial charge < -0.3 is 19.7 Å². The van der Waals surface area contributed by atoms with Crippen molar-refractivity contribution < 1.29 is 18.6 Å². The number of pyridine rings is 1. The van der Waals surface area contributed by atoms with Crippen molar-refractivity contribution in [2.75, 3.05) is 18.5 Å². The maximum Gasteiger partial charge on any atom is 0.233 e. The van der Waals surface area contributed by atoms with Gasteiger partial charge in [-0.15, -0.1) is 0 Å². The monoisotopic (exact) mass is 388 g/mol. The third-order valence-electron chi connectivity index (χ3n) is 4.45. The van der Waals surface area contributed by atoms with Crippen LogP contribution in [-0.2, 0) is 7.05 Å². The Bertz CT molecular complexity index is 1080. The Hall–Kier alpha value is -2.93. The quantitative estimate of drug-likeness (QED) is 0.673. The number of nitrogens with zero attached hydrogens (tertiary/aromatic N) is 1. The van der Waals surface area contributed by atoms with E-state index in [1.807, 2.05) is 0 Å².